The van der Waals surface area contributed by atoms with E-state index in [1.165, 1.54) is 42.1 Å². The molecule has 2 heterocycles. The Labute approximate surface area is 115 Å². The van der Waals surface area contributed by atoms with Crippen LogP contribution in [0, 0.1) is 5.41 Å². The number of hydrogen-bond acceptors (Lipinski definition) is 3. The summed E-state index contributed by atoms with van der Waals surface area (Å²) in [6, 6.07) is 4.56. The van der Waals surface area contributed by atoms with E-state index in [9.17, 15) is 0 Å². The van der Waals surface area contributed by atoms with E-state index in [1.807, 2.05) is 18.4 Å². The molecule has 0 aromatic carbocycles. The maximum absolute atomic E-state index is 3.22. The first-order valence-electron chi connectivity index (χ1n) is 7.16. The average Bonchev–Trinajstić information content (AvgIpc) is 2.98. The Hall–Kier alpha value is -0.380. The summed E-state index contributed by atoms with van der Waals surface area (Å²) in [5, 5.41) is 3.22. The predicted octanol–water partition coefficient (Wildman–Crippen LogP) is 3.48. The van der Waals surface area contributed by atoms with Gasteiger partial charge in [-0.25, -0.2) is 0 Å². The maximum atomic E-state index is 3.22. The Morgan fingerprint density at radius 2 is 2.00 bits per heavy atom. The molecule has 1 saturated heterocycles. The van der Waals surface area contributed by atoms with E-state index < -0.39 is 0 Å². The Bertz CT molecular complexity index is 368. The molecule has 0 unspecified atom stereocenters. The minimum absolute atomic E-state index is 0.602. The minimum Gasteiger partial charge on any atom is -0.315 e. The molecule has 1 aromatic heterocycles. The Morgan fingerprint density at radius 1 is 1.28 bits per heavy atom. The summed E-state index contributed by atoms with van der Waals surface area (Å²) in [5.41, 5.74) is 0.602. The molecule has 3 heteroatoms. The number of nitrogens with zero attached hydrogens (tertiary/aromatic N) is 1. The van der Waals surface area contributed by atoms with Crippen LogP contribution < -0.4 is 5.32 Å². The topological polar surface area (TPSA) is 15.3 Å². The van der Waals surface area contributed by atoms with Gasteiger partial charge in [0.05, 0.1) is 0 Å². The smallest absolute Gasteiger partial charge is 0.0328 e. The summed E-state index contributed by atoms with van der Waals surface area (Å²) < 4.78 is 0. The van der Waals surface area contributed by atoms with Crippen LogP contribution in [-0.2, 0) is 13.1 Å². The van der Waals surface area contributed by atoms with Crippen molar-refractivity contribution < 1.29 is 0 Å². The molecule has 1 aliphatic heterocycles. The molecule has 1 aliphatic rings. The third-order valence-corrected chi connectivity index (χ3v) is 5.54. The fourth-order valence-corrected chi connectivity index (χ4v) is 4.06. The molecule has 1 fully saturated rings. The van der Waals surface area contributed by atoms with E-state index in [4.69, 9.17) is 0 Å². The second kappa shape index (κ2) is 6.18. The highest BCUT2D eigenvalue weighted by Crippen LogP contribution is 2.37. The Balaban J connectivity index is 1.90. The fourth-order valence-electron chi connectivity index (χ4n) is 2.99. The van der Waals surface area contributed by atoms with Crippen molar-refractivity contribution in [2.45, 2.75) is 46.2 Å². The van der Waals surface area contributed by atoms with Gasteiger partial charge in [0.15, 0.2) is 0 Å². The largest absolute Gasteiger partial charge is 0.315 e. The molecule has 1 aromatic rings. The van der Waals surface area contributed by atoms with Crippen LogP contribution in [0.25, 0.3) is 0 Å². The first-order chi connectivity index (χ1) is 8.71. The molecule has 0 bridgehead atoms. The number of hydrogen-bond donors (Lipinski definition) is 1. The van der Waals surface area contributed by atoms with Gasteiger partial charge in [0, 0.05) is 29.4 Å². The number of rotatable bonds is 6. The predicted molar refractivity (Wildman–Crippen MR) is 80.0 cm³/mol. The lowest BCUT2D eigenvalue weighted by Gasteiger charge is -2.26. The monoisotopic (exact) mass is 266 g/mol. The second-order valence-corrected chi connectivity index (χ2v) is 6.82. The van der Waals surface area contributed by atoms with Gasteiger partial charge in [-0.1, -0.05) is 13.8 Å². The molecule has 0 atom stereocenters. The average molecular weight is 266 g/mol. The summed E-state index contributed by atoms with van der Waals surface area (Å²) in [7, 11) is 2.01. The summed E-state index contributed by atoms with van der Waals surface area (Å²) in [6.45, 7) is 9.42. The van der Waals surface area contributed by atoms with Crippen molar-refractivity contribution in [1.29, 1.82) is 0 Å². The molecular weight excluding hydrogens is 240 g/mol. The van der Waals surface area contributed by atoms with Gasteiger partial charge in [0.1, 0.15) is 0 Å². The lowest BCUT2D eigenvalue weighted by molar-refractivity contribution is 0.237. The van der Waals surface area contributed by atoms with Crippen molar-refractivity contribution in [3.8, 4) is 0 Å². The van der Waals surface area contributed by atoms with Crippen molar-refractivity contribution in [1.82, 2.24) is 10.2 Å². The summed E-state index contributed by atoms with van der Waals surface area (Å²) in [4.78, 5) is 5.61. The van der Waals surface area contributed by atoms with Crippen LogP contribution in [0.4, 0.5) is 0 Å². The van der Waals surface area contributed by atoms with Crippen molar-refractivity contribution in [3.63, 3.8) is 0 Å². The lowest BCUT2D eigenvalue weighted by Crippen LogP contribution is -2.25. The molecule has 102 valence electrons. The van der Waals surface area contributed by atoms with E-state index >= 15 is 0 Å². The Morgan fingerprint density at radius 3 is 2.61 bits per heavy atom. The molecule has 18 heavy (non-hydrogen) atoms. The number of likely N-dealkylation sites (tertiary alicyclic amines) is 1. The van der Waals surface area contributed by atoms with Crippen LogP contribution in [0.5, 0.6) is 0 Å². The molecule has 0 aliphatic carbocycles. The zero-order chi connectivity index (χ0) is 13.0. The van der Waals surface area contributed by atoms with Gasteiger partial charge in [-0.05, 0) is 50.4 Å². The van der Waals surface area contributed by atoms with Gasteiger partial charge in [0.25, 0.3) is 0 Å². The molecule has 0 saturated carbocycles. The normalized spacial score (nSPS) is 19.5. The third kappa shape index (κ3) is 3.14. The van der Waals surface area contributed by atoms with Crippen molar-refractivity contribution in [2.75, 3.05) is 20.1 Å². The van der Waals surface area contributed by atoms with E-state index in [-0.39, 0.29) is 0 Å². The van der Waals surface area contributed by atoms with Crippen LogP contribution in [0.2, 0.25) is 0 Å². The van der Waals surface area contributed by atoms with Crippen molar-refractivity contribution >= 4 is 11.3 Å². The van der Waals surface area contributed by atoms with Gasteiger partial charge in [-0.2, -0.15) is 0 Å². The van der Waals surface area contributed by atoms with E-state index in [1.54, 1.807) is 0 Å². The van der Waals surface area contributed by atoms with E-state index in [0.29, 0.717) is 5.41 Å². The van der Waals surface area contributed by atoms with Crippen molar-refractivity contribution in [3.05, 3.63) is 21.9 Å². The summed E-state index contributed by atoms with van der Waals surface area (Å²) in [5.74, 6) is 0. The third-order valence-electron chi connectivity index (χ3n) is 4.47. The first kappa shape index (κ1) is 14.0. The number of nitrogens with one attached hydrogen (secondary N) is 1. The van der Waals surface area contributed by atoms with Gasteiger partial charge in [0.2, 0.25) is 0 Å². The highest BCUT2D eigenvalue weighted by molar-refractivity contribution is 7.11. The minimum atomic E-state index is 0.602. The van der Waals surface area contributed by atoms with Crippen LogP contribution in [0.15, 0.2) is 12.1 Å². The van der Waals surface area contributed by atoms with Gasteiger partial charge >= 0.3 is 0 Å². The standard InChI is InChI=1S/C15H26N2S/c1-4-15(5-2)8-9-17(12-15)11-14-7-6-13(18-14)10-16-3/h6-7,16H,4-5,8-12H2,1-3H3. The van der Waals surface area contributed by atoms with Crippen LogP contribution in [-0.4, -0.2) is 25.0 Å². The van der Waals surface area contributed by atoms with E-state index in [2.05, 4.69) is 36.2 Å². The summed E-state index contributed by atoms with van der Waals surface area (Å²) in [6.07, 6.45) is 4.04. The molecule has 2 rings (SSSR count). The SMILES string of the molecule is CCC1(CC)CCN(Cc2ccc(CNC)s2)C1. The van der Waals surface area contributed by atoms with Gasteiger partial charge in [-0.3, -0.25) is 4.90 Å². The molecule has 1 N–H and O–H groups in total. The van der Waals surface area contributed by atoms with Crippen molar-refractivity contribution in [2.24, 2.45) is 5.41 Å². The van der Waals surface area contributed by atoms with E-state index in [0.717, 1.165) is 13.1 Å². The van der Waals surface area contributed by atoms with Crippen LogP contribution in [0.1, 0.15) is 42.9 Å². The zero-order valence-corrected chi connectivity index (χ0v) is 12.8. The summed E-state index contributed by atoms with van der Waals surface area (Å²) >= 11 is 1.96. The van der Waals surface area contributed by atoms with Crippen LogP contribution >= 0.6 is 11.3 Å². The maximum Gasteiger partial charge on any atom is 0.0328 e. The van der Waals surface area contributed by atoms with Crippen LogP contribution in [0.3, 0.4) is 0 Å². The quantitative estimate of drug-likeness (QED) is 0.848. The molecule has 0 amide bonds. The van der Waals surface area contributed by atoms with Gasteiger partial charge in [-0.15, -0.1) is 11.3 Å². The molecular formula is C15H26N2S. The van der Waals surface area contributed by atoms with Gasteiger partial charge < -0.3 is 5.32 Å². The Kier molecular flexibility index (Phi) is 4.82. The zero-order valence-electron chi connectivity index (χ0n) is 12.0. The molecule has 0 spiro atoms. The lowest BCUT2D eigenvalue weighted by atomic mass is 9.82. The fraction of sp³-hybridized carbons (Fsp3) is 0.733. The highest BCUT2D eigenvalue weighted by atomic mass is 32.1. The first-order valence-corrected chi connectivity index (χ1v) is 7.97. The molecule has 2 nitrogen and oxygen atoms in total. The molecule has 0 radical (unpaired) electrons. The highest BCUT2D eigenvalue weighted by Gasteiger charge is 2.34. The number of thiophene rings is 1. The second-order valence-electron chi connectivity index (χ2n) is 5.57.